The largest absolute Gasteiger partial charge is 0.366 e. The molecule has 5 nitrogen and oxygen atoms in total. The fraction of sp³-hybridized carbons (Fsp3) is 0.190. The average Bonchev–Trinajstić information content (AvgIpc) is 2.67. The van der Waals surface area contributed by atoms with E-state index < -0.39 is 0 Å². The van der Waals surface area contributed by atoms with Crippen LogP contribution in [0.2, 0.25) is 5.02 Å². The highest BCUT2D eigenvalue weighted by Gasteiger charge is 2.14. The lowest BCUT2D eigenvalue weighted by Crippen LogP contribution is -2.31. The molecule has 138 valence electrons. The Hall–Kier alpha value is -2.92. The zero-order valence-electron chi connectivity index (χ0n) is 15.2. The van der Waals surface area contributed by atoms with Crippen LogP contribution in [0.15, 0.2) is 60.7 Å². The van der Waals surface area contributed by atoms with Gasteiger partial charge in [-0.1, -0.05) is 54.1 Å². The molecule has 1 amide bonds. The van der Waals surface area contributed by atoms with Crippen molar-refractivity contribution in [2.24, 2.45) is 0 Å². The van der Waals surface area contributed by atoms with Crippen LogP contribution in [-0.2, 0) is 6.54 Å². The molecule has 3 rings (SSSR count). The highest BCUT2D eigenvalue weighted by molar-refractivity contribution is 6.30. The van der Waals surface area contributed by atoms with Crippen LogP contribution in [-0.4, -0.2) is 21.9 Å². The monoisotopic (exact) mass is 380 g/mol. The Labute approximate surface area is 163 Å². The van der Waals surface area contributed by atoms with Crippen molar-refractivity contribution in [2.45, 2.75) is 26.4 Å². The smallest absolute Gasteiger partial charge is 0.270 e. The summed E-state index contributed by atoms with van der Waals surface area (Å²) in [5.74, 6) is 0.873. The van der Waals surface area contributed by atoms with E-state index in [4.69, 9.17) is 11.6 Å². The van der Waals surface area contributed by atoms with Gasteiger partial charge >= 0.3 is 0 Å². The van der Waals surface area contributed by atoms with Crippen LogP contribution < -0.4 is 10.6 Å². The number of hydrogen-bond acceptors (Lipinski definition) is 4. The number of amides is 1. The summed E-state index contributed by atoms with van der Waals surface area (Å²) in [6, 6.07) is 18.9. The number of carbonyl (C=O) groups is 1. The van der Waals surface area contributed by atoms with Gasteiger partial charge in [0.05, 0.1) is 0 Å². The van der Waals surface area contributed by atoms with Crippen LogP contribution in [0.25, 0.3) is 11.4 Å². The third kappa shape index (κ3) is 5.28. The molecule has 0 spiro atoms. The molecular formula is C21H21ClN4O. The molecule has 1 heterocycles. The van der Waals surface area contributed by atoms with Crippen molar-refractivity contribution in [1.29, 1.82) is 0 Å². The lowest BCUT2D eigenvalue weighted by atomic mass is 10.2. The second kappa shape index (κ2) is 8.64. The van der Waals surface area contributed by atoms with Gasteiger partial charge in [-0.3, -0.25) is 4.79 Å². The Morgan fingerprint density at radius 2 is 1.74 bits per heavy atom. The molecule has 27 heavy (non-hydrogen) atoms. The number of hydrogen-bond donors (Lipinski definition) is 2. The minimum Gasteiger partial charge on any atom is -0.366 e. The molecule has 0 aliphatic rings. The molecule has 0 bridgehead atoms. The quantitative estimate of drug-likeness (QED) is 0.658. The van der Waals surface area contributed by atoms with Crippen LogP contribution in [0.1, 0.15) is 29.9 Å². The number of aromatic nitrogens is 2. The van der Waals surface area contributed by atoms with E-state index in [2.05, 4.69) is 20.6 Å². The SMILES string of the molecule is CC(C)NC(=O)c1cc(NCc2ccc(Cl)cc2)nc(-c2ccccc2)n1. The third-order valence-electron chi connectivity index (χ3n) is 3.80. The number of anilines is 1. The fourth-order valence-corrected chi connectivity index (χ4v) is 2.63. The minimum atomic E-state index is -0.223. The first-order chi connectivity index (χ1) is 13.0. The Balaban J connectivity index is 1.89. The van der Waals surface area contributed by atoms with Gasteiger partial charge in [0, 0.05) is 29.2 Å². The van der Waals surface area contributed by atoms with Gasteiger partial charge in [-0.05, 0) is 31.5 Å². The molecule has 2 aromatic carbocycles. The summed E-state index contributed by atoms with van der Waals surface area (Å²) in [6.45, 7) is 4.39. The molecule has 1 aromatic heterocycles. The van der Waals surface area contributed by atoms with Gasteiger partial charge in [-0.2, -0.15) is 0 Å². The van der Waals surface area contributed by atoms with Gasteiger partial charge in [0.1, 0.15) is 11.5 Å². The van der Waals surface area contributed by atoms with Crippen molar-refractivity contribution in [1.82, 2.24) is 15.3 Å². The minimum absolute atomic E-state index is 0.0260. The van der Waals surface area contributed by atoms with Gasteiger partial charge in [-0.25, -0.2) is 9.97 Å². The van der Waals surface area contributed by atoms with E-state index in [1.165, 1.54) is 0 Å². The van der Waals surface area contributed by atoms with E-state index in [0.717, 1.165) is 11.1 Å². The molecule has 2 N–H and O–H groups in total. The summed E-state index contributed by atoms with van der Waals surface area (Å²) in [6.07, 6.45) is 0. The fourth-order valence-electron chi connectivity index (χ4n) is 2.50. The predicted octanol–water partition coefficient (Wildman–Crippen LogP) is 4.55. The second-order valence-electron chi connectivity index (χ2n) is 6.44. The van der Waals surface area contributed by atoms with Crippen LogP contribution in [0.5, 0.6) is 0 Å². The van der Waals surface area contributed by atoms with Crippen LogP contribution in [0.4, 0.5) is 5.82 Å². The number of nitrogens with zero attached hydrogens (tertiary/aromatic N) is 2. The Morgan fingerprint density at radius 1 is 1.04 bits per heavy atom. The molecule has 0 aliphatic heterocycles. The van der Waals surface area contributed by atoms with Gasteiger partial charge in [0.2, 0.25) is 0 Å². The molecule has 0 atom stereocenters. The summed E-state index contributed by atoms with van der Waals surface area (Å²) in [4.78, 5) is 21.5. The zero-order valence-corrected chi connectivity index (χ0v) is 16.0. The molecule has 3 aromatic rings. The Bertz CT molecular complexity index is 911. The predicted molar refractivity (Wildman–Crippen MR) is 109 cm³/mol. The maximum absolute atomic E-state index is 12.5. The van der Waals surface area contributed by atoms with Crippen LogP contribution >= 0.6 is 11.6 Å². The number of halogens is 1. The van der Waals surface area contributed by atoms with E-state index in [-0.39, 0.29) is 11.9 Å². The number of rotatable bonds is 6. The molecule has 0 saturated heterocycles. The first-order valence-corrected chi connectivity index (χ1v) is 9.13. The van der Waals surface area contributed by atoms with Gasteiger partial charge in [0.25, 0.3) is 5.91 Å². The number of nitrogens with one attached hydrogen (secondary N) is 2. The van der Waals surface area contributed by atoms with Crippen LogP contribution in [0.3, 0.4) is 0 Å². The van der Waals surface area contributed by atoms with Crippen LogP contribution in [0, 0.1) is 0 Å². The zero-order chi connectivity index (χ0) is 19.2. The van der Waals surface area contributed by atoms with Crippen molar-refractivity contribution < 1.29 is 4.79 Å². The molecule has 0 aliphatic carbocycles. The highest BCUT2D eigenvalue weighted by atomic mass is 35.5. The van der Waals surface area contributed by atoms with E-state index in [9.17, 15) is 4.79 Å². The normalized spacial score (nSPS) is 10.7. The second-order valence-corrected chi connectivity index (χ2v) is 6.87. The molecular weight excluding hydrogens is 360 g/mol. The Kier molecular flexibility index (Phi) is 6.04. The van der Waals surface area contributed by atoms with Crippen molar-refractivity contribution in [3.05, 3.63) is 76.9 Å². The van der Waals surface area contributed by atoms with Crippen molar-refractivity contribution in [2.75, 3.05) is 5.32 Å². The van der Waals surface area contributed by atoms with Gasteiger partial charge in [-0.15, -0.1) is 0 Å². The van der Waals surface area contributed by atoms with Crippen molar-refractivity contribution >= 4 is 23.3 Å². The molecule has 0 unspecified atom stereocenters. The summed E-state index contributed by atoms with van der Waals surface area (Å²) in [5.41, 5.74) is 2.25. The number of carbonyl (C=O) groups excluding carboxylic acids is 1. The first-order valence-electron chi connectivity index (χ1n) is 8.75. The maximum atomic E-state index is 12.5. The van der Waals surface area contributed by atoms with Crippen molar-refractivity contribution in [3.8, 4) is 11.4 Å². The van der Waals surface area contributed by atoms with Gasteiger partial charge in [0.15, 0.2) is 5.82 Å². The van der Waals surface area contributed by atoms with E-state index >= 15 is 0 Å². The number of benzene rings is 2. The van der Waals surface area contributed by atoms with E-state index in [0.29, 0.717) is 28.9 Å². The Morgan fingerprint density at radius 3 is 2.41 bits per heavy atom. The molecule has 0 saturated carbocycles. The van der Waals surface area contributed by atoms with E-state index in [1.807, 2.05) is 68.4 Å². The van der Waals surface area contributed by atoms with Crippen molar-refractivity contribution in [3.63, 3.8) is 0 Å². The topological polar surface area (TPSA) is 66.9 Å². The maximum Gasteiger partial charge on any atom is 0.270 e. The van der Waals surface area contributed by atoms with E-state index in [1.54, 1.807) is 6.07 Å². The summed E-state index contributed by atoms with van der Waals surface area (Å²) in [5, 5.41) is 6.83. The first kappa shape index (κ1) is 18.9. The highest BCUT2D eigenvalue weighted by Crippen LogP contribution is 2.19. The molecule has 6 heteroatoms. The summed E-state index contributed by atoms with van der Waals surface area (Å²) >= 11 is 5.93. The third-order valence-corrected chi connectivity index (χ3v) is 4.05. The summed E-state index contributed by atoms with van der Waals surface area (Å²) in [7, 11) is 0. The summed E-state index contributed by atoms with van der Waals surface area (Å²) < 4.78 is 0. The molecule has 0 fully saturated rings. The van der Waals surface area contributed by atoms with Gasteiger partial charge < -0.3 is 10.6 Å². The lowest BCUT2D eigenvalue weighted by molar-refractivity contribution is 0.0938. The standard InChI is InChI=1S/C21H21ClN4O/c1-14(2)24-21(27)18-12-19(23-13-15-8-10-17(22)11-9-15)26-20(25-18)16-6-4-3-5-7-16/h3-12,14H,13H2,1-2H3,(H,24,27)(H,23,25,26). The lowest BCUT2D eigenvalue weighted by Gasteiger charge is -2.12. The average molecular weight is 381 g/mol. The molecule has 0 radical (unpaired) electrons.